The van der Waals surface area contributed by atoms with Crippen LogP contribution in [0.2, 0.25) is 0 Å². The van der Waals surface area contributed by atoms with E-state index >= 15 is 0 Å². The second kappa shape index (κ2) is 7.11. The van der Waals surface area contributed by atoms with Crippen molar-refractivity contribution in [2.45, 2.75) is 32.2 Å². The standard InChI is InChI=1S/C20H28N6/c21-17-12-18(24-19(22)23-17)26-11-5-9-20(15-26)8-4-10-25(14-20)13-16-6-2-1-3-7-16/h1-3,6-7,12H,4-5,8-11,13-15H2,(H4,21,22,23,24). The molecule has 0 saturated carbocycles. The average Bonchev–Trinajstić information content (AvgIpc) is 2.62. The molecule has 2 aliphatic heterocycles. The Morgan fingerprint density at radius 2 is 1.73 bits per heavy atom. The van der Waals surface area contributed by atoms with Crippen LogP contribution in [0.1, 0.15) is 31.2 Å². The summed E-state index contributed by atoms with van der Waals surface area (Å²) in [5.74, 6) is 1.57. The van der Waals surface area contributed by atoms with Crippen LogP contribution in [0.15, 0.2) is 36.4 Å². The molecule has 1 spiro atoms. The molecule has 0 amide bonds. The van der Waals surface area contributed by atoms with Crippen molar-refractivity contribution < 1.29 is 0 Å². The molecule has 3 heterocycles. The second-order valence-electron chi connectivity index (χ2n) is 7.83. The Morgan fingerprint density at radius 3 is 2.50 bits per heavy atom. The third-order valence-corrected chi connectivity index (χ3v) is 5.72. The summed E-state index contributed by atoms with van der Waals surface area (Å²) in [4.78, 5) is 13.4. The number of nitrogen functional groups attached to an aromatic ring is 2. The zero-order valence-corrected chi connectivity index (χ0v) is 15.3. The minimum atomic E-state index is 0.258. The summed E-state index contributed by atoms with van der Waals surface area (Å²) < 4.78 is 0. The van der Waals surface area contributed by atoms with E-state index in [0.29, 0.717) is 11.2 Å². The molecule has 138 valence electrons. The van der Waals surface area contributed by atoms with Crippen LogP contribution in [-0.2, 0) is 6.54 Å². The predicted octanol–water partition coefficient (Wildman–Crippen LogP) is 2.52. The van der Waals surface area contributed by atoms with Gasteiger partial charge in [-0.15, -0.1) is 0 Å². The van der Waals surface area contributed by atoms with E-state index in [4.69, 9.17) is 11.5 Å². The summed E-state index contributed by atoms with van der Waals surface area (Å²) in [5, 5.41) is 0. The Kier molecular flexibility index (Phi) is 4.68. The van der Waals surface area contributed by atoms with E-state index in [1.165, 1.54) is 37.8 Å². The van der Waals surface area contributed by atoms with E-state index in [9.17, 15) is 0 Å². The smallest absolute Gasteiger partial charge is 0.223 e. The van der Waals surface area contributed by atoms with E-state index < -0.39 is 0 Å². The first-order valence-corrected chi connectivity index (χ1v) is 9.53. The molecule has 1 unspecified atom stereocenters. The van der Waals surface area contributed by atoms with Crippen LogP contribution >= 0.6 is 0 Å². The Bertz CT molecular complexity index is 725. The molecule has 2 aromatic rings. The zero-order chi connectivity index (χ0) is 18.0. The van der Waals surface area contributed by atoms with E-state index in [1.807, 2.05) is 6.07 Å². The highest BCUT2D eigenvalue weighted by atomic mass is 15.2. The van der Waals surface area contributed by atoms with Crippen LogP contribution in [0.4, 0.5) is 17.6 Å². The molecule has 2 saturated heterocycles. The second-order valence-corrected chi connectivity index (χ2v) is 7.83. The fraction of sp³-hybridized carbons (Fsp3) is 0.500. The van der Waals surface area contributed by atoms with Crippen molar-refractivity contribution in [3.63, 3.8) is 0 Å². The van der Waals surface area contributed by atoms with Gasteiger partial charge >= 0.3 is 0 Å². The molecular formula is C20H28N6. The Hall–Kier alpha value is -2.34. The first kappa shape index (κ1) is 17.1. The van der Waals surface area contributed by atoms with Crippen molar-refractivity contribution in [2.24, 2.45) is 5.41 Å². The molecule has 2 aliphatic rings. The molecule has 0 bridgehead atoms. The summed E-state index contributed by atoms with van der Waals surface area (Å²) in [5.41, 5.74) is 13.4. The van der Waals surface area contributed by atoms with Gasteiger partial charge in [-0.25, -0.2) is 0 Å². The Balaban J connectivity index is 1.48. The molecule has 1 aromatic carbocycles. The van der Waals surface area contributed by atoms with Gasteiger partial charge in [-0.3, -0.25) is 4.90 Å². The van der Waals surface area contributed by atoms with Gasteiger partial charge in [-0.05, 0) is 37.8 Å². The number of nitrogens with two attached hydrogens (primary N) is 2. The van der Waals surface area contributed by atoms with Gasteiger partial charge in [0, 0.05) is 37.7 Å². The van der Waals surface area contributed by atoms with Crippen molar-refractivity contribution in [3.05, 3.63) is 42.0 Å². The van der Waals surface area contributed by atoms with Crippen molar-refractivity contribution in [3.8, 4) is 0 Å². The van der Waals surface area contributed by atoms with Crippen LogP contribution in [0.25, 0.3) is 0 Å². The van der Waals surface area contributed by atoms with Crippen molar-refractivity contribution in [1.82, 2.24) is 14.9 Å². The van der Waals surface area contributed by atoms with Gasteiger partial charge in [0.1, 0.15) is 11.6 Å². The van der Waals surface area contributed by atoms with Gasteiger partial charge < -0.3 is 16.4 Å². The first-order valence-electron chi connectivity index (χ1n) is 9.53. The quantitative estimate of drug-likeness (QED) is 0.883. The fourth-order valence-corrected chi connectivity index (χ4v) is 4.66. The van der Waals surface area contributed by atoms with Crippen molar-refractivity contribution >= 4 is 17.6 Å². The fourth-order valence-electron chi connectivity index (χ4n) is 4.66. The SMILES string of the molecule is Nc1cc(N2CCCC3(CCCN(Cc4ccccc4)C3)C2)nc(N)n1. The summed E-state index contributed by atoms with van der Waals surface area (Å²) in [7, 11) is 0. The minimum Gasteiger partial charge on any atom is -0.383 e. The topological polar surface area (TPSA) is 84.3 Å². The highest BCUT2D eigenvalue weighted by Crippen LogP contribution is 2.40. The van der Waals surface area contributed by atoms with E-state index in [1.54, 1.807) is 0 Å². The third-order valence-electron chi connectivity index (χ3n) is 5.72. The average molecular weight is 352 g/mol. The lowest BCUT2D eigenvalue weighted by atomic mass is 9.73. The van der Waals surface area contributed by atoms with Gasteiger partial charge in [-0.1, -0.05) is 30.3 Å². The number of aromatic nitrogens is 2. The molecule has 4 N–H and O–H groups in total. The van der Waals surface area contributed by atoms with E-state index in [-0.39, 0.29) is 5.95 Å². The highest BCUT2D eigenvalue weighted by molar-refractivity contribution is 5.50. The van der Waals surface area contributed by atoms with Crippen LogP contribution < -0.4 is 16.4 Å². The molecule has 1 aromatic heterocycles. The lowest BCUT2D eigenvalue weighted by molar-refractivity contribution is 0.0683. The van der Waals surface area contributed by atoms with Crippen molar-refractivity contribution in [2.75, 3.05) is 42.5 Å². The number of piperidine rings is 2. The van der Waals surface area contributed by atoms with Gasteiger partial charge in [0.05, 0.1) is 0 Å². The lowest BCUT2D eigenvalue weighted by Crippen LogP contribution is -2.52. The number of rotatable bonds is 3. The van der Waals surface area contributed by atoms with Gasteiger partial charge in [0.25, 0.3) is 0 Å². The molecular weight excluding hydrogens is 324 g/mol. The maximum absolute atomic E-state index is 5.88. The van der Waals surface area contributed by atoms with Crippen LogP contribution in [-0.4, -0.2) is 41.0 Å². The molecule has 0 aliphatic carbocycles. The summed E-state index contributed by atoms with van der Waals surface area (Å²) >= 11 is 0. The van der Waals surface area contributed by atoms with Gasteiger partial charge in [0.2, 0.25) is 5.95 Å². The van der Waals surface area contributed by atoms with Crippen LogP contribution in [0.5, 0.6) is 0 Å². The van der Waals surface area contributed by atoms with Crippen molar-refractivity contribution in [1.29, 1.82) is 0 Å². The maximum atomic E-state index is 5.88. The molecule has 1 atom stereocenters. The highest BCUT2D eigenvalue weighted by Gasteiger charge is 2.39. The predicted molar refractivity (Wildman–Crippen MR) is 106 cm³/mol. The van der Waals surface area contributed by atoms with Crippen LogP contribution in [0.3, 0.4) is 0 Å². The molecule has 6 nitrogen and oxygen atoms in total. The molecule has 0 radical (unpaired) electrons. The number of likely N-dealkylation sites (tertiary alicyclic amines) is 1. The van der Waals surface area contributed by atoms with Gasteiger partial charge in [-0.2, -0.15) is 9.97 Å². The lowest BCUT2D eigenvalue weighted by Gasteiger charge is -2.49. The Morgan fingerprint density at radius 1 is 0.962 bits per heavy atom. The number of benzene rings is 1. The summed E-state index contributed by atoms with van der Waals surface area (Å²) in [6.07, 6.45) is 5.01. The Labute approximate surface area is 155 Å². The van der Waals surface area contributed by atoms with Gasteiger partial charge in [0.15, 0.2) is 0 Å². The summed E-state index contributed by atoms with van der Waals surface area (Å²) in [6, 6.07) is 12.6. The maximum Gasteiger partial charge on any atom is 0.223 e. The normalized spacial score (nSPS) is 24.1. The molecule has 2 fully saturated rings. The largest absolute Gasteiger partial charge is 0.383 e. The molecule has 26 heavy (non-hydrogen) atoms. The number of anilines is 3. The third kappa shape index (κ3) is 3.75. The first-order chi connectivity index (χ1) is 12.6. The zero-order valence-electron chi connectivity index (χ0n) is 15.3. The number of hydrogen-bond donors (Lipinski definition) is 2. The van der Waals surface area contributed by atoms with E-state index in [0.717, 1.165) is 32.0 Å². The van der Waals surface area contributed by atoms with E-state index in [2.05, 4.69) is 50.1 Å². The monoisotopic (exact) mass is 352 g/mol. The molecule has 6 heteroatoms. The van der Waals surface area contributed by atoms with Crippen LogP contribution in [0, 0.1) is 5.41 Å². The number of hydrogen-bond acceptors (Lipinski definition) is 6. The summed E-state index contributed by atoms with van der Waals surface area (Å²) in [6.45, 7) is 5.40. The minimum absolute atomic E-state index is 0.258. The molecule has 4 rings (SSSR count). The number of nitrogens with zero attached hydrogens (tertiary/aromatic N) is 4.